The maximum Gasteiger partial charge on any atom is 0.262 e. The third-order valence-corrected chi connectivity index (χ3v) is 6.75. The van der Waals surface area contributed by atoms with Crippen molar-refractivity contribution < 1.29 is 9.53 Å². The molecule has 10 heteroatoms. The van der Waals surface area contributed by atoms with Crippen LogP contribution in [0.5, 0.6) is 5.75 Å². The molecular weight excluding hydrogens is 461 g/mol. The van der Waals surface area contributed by atoms with Crippen LogP contribution >= 0.6 is 58.3 Å². The molecule has 0 atom stereocenters. The smallest absolute Gasteiger partial charge is 0.262 e. The van der Waals surface area contributed by atoms with Crippen LogP contribution in [0.4, 0.5) is 5.13 Å². The van der Waals surface area contributed by atoms with Gasteiger partial charge < -0.3 is 9.64 Å². The predicted molar refractivity (Wildman–Crippen MR) is 123 cm³/mol. The predicted octanol–water partition coefficient (Wildman–Crippen LogP) is 5.61. The number of amides is 1. The molecule has 0 bridgehead atoms. The van der Waals surface area contributed by atoms with E-state index in [1.807, 2.05) is 38.1 Å². The second-order valence-corrected chi connectivity index (χ2v) is 9.52. The number of methoxy groups -OCH3 is 1. The first-order valence-corrected chi connectivity index (χ1v) is 10.6. The van der Waals surface area contributed by atoms with Crippen molar-refractivity contribution in [3.63, 3.8) is 0 Å². The van der Waals surface area contributed by atoms with Gasteiger partial charge in [0.2, 0.25) is 0 Å². The summed E-state index contributed by atoms with van der Waals surface area (Å²) in [5, 5.41) is 0.614. The molecule has 0 spiro atoms. The summed E-state index contributed by atoms with van der Waals surface area (Å²) < 4.78 is 7.31. The lowest BCUT2D eigenvalue weighted by atomic mass is 10.2. The number of aryl methyl sites for hydroxylation is 1. The molecule has 28 heavy (non-hydrogen) atoms. The van der Waals surface area contributed by atoms with Crippen molar-refractivity contribution in [1.82, 2.24) is 9.88 Å². The average molecular weight is 481 g/mol. The molecule has 2 aromatic heterocycles. The molecule has 3 rings (SSSR count). The summed E-state index contributed by atoms with van der Waals surface area (Å²) in [6, 6.07) is 5.49. The van der Waals surface area contributed by atoms with Gasteiger partial charge in [-0.3, -0.25) is 9.69 Å². The molecular formula is C18H20Cl3N3O2S2. The lowest BCUT2D eigenvalue weighted by molar-refractivity contribution is 0.0986. The SMILES string of the molecule is COc1ccc(C)c2sc(N(CCN(C)C)C(=O)c3cc(Cl)sc3Cl)nc12.Cl. The van der Waals surface area contributed by atoms with E-state index in [0.29, 0.717) is 38.2 Å². The number of fused-ring (bicyclic) bond motifs is 1. The molecule has 0 N–H and O–H groups in total. The number of carbonyl (C=O) groups is 1. The van der Waals surface area contributed by atoms with Gasteiger partial charge in [0.05, 0.1) is 21.7 Å². The van der Waals surface area contributed by atoms with E-state index in [1.54, 1.807) is 18.1 Å². The van der Waals surface area contributed by atoms with Gasteiger partial charge in [-0.1, -0.05) is 40.6 Å². The van der Waals surface area contributed by atoms with Crippen molar-refractivity contribution in [2.45, 2.75) is 6.92 Å². The van der Waals surface area contributed by atoms with Crippen molar-refractivity contribution in [3.8, 4) is 5.75 Å². The van der Waals surface area contributed by atoms with E-state index in [1.165, 1.54) is 22.7 Å². The third-order valence-electron chi connectivity index (χ3n) is 4.05. The number of rotatable bonds is 6. The van der Waals surface area contributed by atoms with Crippen LogP contribution in [-0.4, -0.2) is 50.1 Å². The van der Waals surface area contributed by atoms with Crippen LogP contribution in [0.15, 0.2) is 18.2 Å². The van der Waals surface area contributed by atoms with Gasteiger partial charge in [0.1, 0.15) is 15.6 Å². The number of thiophene rings is 1. The Hall–Kier alpha value is -1.09. The average Bonchev–Trinajstić information content (AvgIpc) is 3.19. The number of aromatic nitrogens is 1. The Balaban J connectivity index is 0.00000280. The fourth-order valence-corrected chi connectivity index (χ4v) is 5.12. The topological polar surface area (TPSA) is 45.7 Å². The molecule has 0 fully saturated rings. The second-order valence-electron chi connectivity index (χ2n) is 6.26. The Bertz CT molecular complexity index is 988. The Morgan fingerprint density at radius 3 is 2.50 bits per heavy atom. The normalized spacial score (nSPS) is 11.0. The van der Waals surface area contributed by atoms with E-state index < -0.39 is 0 Å². The number of halogens is 3. The third kappa shape index (κ3) is 4.72. The number of hydrogen-bond acceptors (Lipinski definition) is 6. The lowest BCUT2D eigenvalue weighted by Crippen LogP contribution is -2.36. The highest BCUT2D eigenvalue weighted by Crippen LogP contribution is 2.38. The van der Waals surface area contributed by atoms with Crippen LogP contribution in [0.3, 0.4) is 0 Å². The van der Waals surface area contributed by atoms with Gasteiger partial charge >= 0.3 is 0 Å². The van der Waals surface area contributed by atoms with Gasteiger partial charge in [0.25, 0.3) is 5.91 Å². The van der Waals surface area contributed by atoms with Gasteiger partial charge in [-0.05, 0) is 38.7 Å². The van der Waals surface area contributed by atoms with Crippen molar-refractivity contribution in [3.05, 3.63) is 38.0 Å². The monoisotopic (exact) mass is 479 g/mol. The maximum atomic E-state index is 13.2. The Morgan fingerprint density at radius 2 is 1.93 bits per heavy atom. The molecule has 2 heterocycles. The molecule has 0 aliphatic rings. The van der Waals surface area contributed by atoms with Gasteiger partial charge in [0.15, 0.2) is 5.13 Å². The number of benzene rings is 1. The fraction of sp³-hybridized carbons (Fsp3) is 0.333. The molecule has 152 valence electrons. The largest absolute Gasteiger partial charge is 0.494 e. The molecule has 0 saturated heterocycles. The molecule has 1 aromatic carbocycles. The van der Waals surface area contributed by atoms with Crippen LogP contribution in [0.25, 0.3) is 10.2 Å². The van der Waals surface area contributed by atoms with E-state index in [9.17, 15) is 4.79 Å². The summed E-state index contributed by atoms with van der Waals surface area (Å²) in [4.78, 5) is 21.6. The van der Waals surface area contributed by atoms with Crippen LogP contribution in [0, 0.1) is 6.92 Å². The standard InChI is InChI=1S/C18H19Cl2N3O2S2.ClH/c1-10-5-6-12(25-4)14-15(10)27-18(21-14)23(8-7-22(2)3)17(24)11-9-13(19)26-16(11)20;/h5-6,9H,7-8H2,1-4H3;1H. The van der Waals surface area contributed by atoms with Crippen molar-refractivity contribution >= 4 is 79.5 Å². The molecule has 0 radical (unpaired) electrons. The number of ether oxygens (including phenoxy) is 1. The zero-order valence-corrected chi connectivity index (χ0v) is 19.7. The number of nitrogens with zero attached hydrogens (tertiary/aromatic N) is 3. The highest BCUT2D eigenvalue weighted by atomic mass is 35.5. The number of anilines is 1. The number of hydrogen-bond donors (Lipinski definition) is 0. The molecule has 0 aliphatic carbocycles. The summed E-state index contributed by atoms with van der Waals surface area (Å²) >= 11 is 14.9. The van der Waals surface area contributed by atoms with Gasteiger partial charge in [-0.15, -0.1) is 23.7 Å². The first-order chi connectivity index (χ1) is 12.8. The van der Waals surface area contributed by atoms with Crippen molar-refractivity contribution in [1.29, 1.82) is 0 Å². The minimum Gasteiger partial charge on any atom is -0.494 e. The van der Waals surface area contributed by atoms with E-state index in [-0.39, 0.29) is 18.3 Å². The van der Waals surface area contributed by atoms with E-state index in [2.05, 4.69) is 0 Å². The minimum absolute atomic E-state index is 0. The highest BCUT2D eigenvalue weighted by Gasteiger charge is 2.25. The molecule has 0 aliphatic heterocycles. The summed E-state index contributed by atoms with van der Waals surface area (Å²) in [5.41, 5.74) is 2.24. The summed E-state index contributed by atoms with van der Waals surface area (Å²) in [6.45, 7) is 3.19. The van der Waals surface area contributed by atoms with Crippen molar-refractivity contribution in [2.75, 3.05) is 39.2 Å². The maximum absolute atomic E-state index is 13.2. The van der Waals surface area contributed by atoms with Crippen LogP contribution < -0.4 is 9.64 Å². The molecule has 0 saturated carbocycles. The van der Waals surface area contributed by atoms with Gasteiger partial charge in [-0.2, -0.15) is 0 Å². The number of likely N-dealkylation sites (N-methyl/N-ethyl adjacent to an activating group) is 1. The summed E-state index contributed by atoms with van der Waals surface area (Å²) in [5.74, 6) is 0.482. The van der Waals surface area contributed by atoms with Crippen LogP contribution in [0.2, 0.25) is 8.67 Å². The van der Waals surface area contributed by atoms with Crippen LogP contribution in [-0.2, 0) is 0 Å². The second kappa shape index (κ2) is 9.61. The fourth-order valence-electron chi connectivity index (χ4n) is 2.59. The highest BCUT2D eigenvalue weighted by molar-refractivity contribution is 7.22. The number of thiazole rings is 1. The van der Waals surface area contributed by atoms with E-state index in [0.717, 1.165) is 15.8 Å². The van der Waals surface area contributed by atoms with E-state index >= 15 is 0 Å². The zero-order chi connectivity index (χ0) is 19.7. The first kappa shape index (κ1) is 23.2. The summed E-state index contributed by atoms with van der Waals surface area (Å²) in [7, 11) is 5.54. The minimum atomic E-state index is -0.208. The first-order valence-electron chi connectivity index (χ1n) is 8.17. The Labute approximate surface area is 188 Å². The van der Waals surface area contributed by atoms with Crippen molar-refractivity contribution in [2.24, 2.45) is 0 Å². The van der Waals surface area contributed by atoms with Gasteiger partial charge in [-0.25, -0.2) is 4.98 Å². The number of carbonyl (C=O) groups excluding carboxylic acids is 1. The quantitative estimate of drug-likeness (QED) is 0.460. The molecule has 1 amide bonds. The van der Waals surface area contributed by atoms with Gasteiger partial charge in [0, 0.05) is 13.1 Å². The Morgan fingerprint density at radius 1 is 1.21 bits per heavy atom. The molecule has 0 unspecified atom stereocenters. The molecule has 5 nitrogen and oxygen atoms in total. The van der Waals surface area contributed by atoms with E-state index in [4.69, 9.17) is 32.9 Å². The zero-order valence-electron chi connectivity index (χ0n) is 15.8. The van der Waals surface area contributed by atoms with Crippen LogP contribution in [0.1, 0.15) is 15.9 Å². The Kier molecular flexibility index (Phi) is 7.96. The lowest BCUT2D eigenvalue weighted by Gasteiger charge is -2.21. The molecule has 3 aromatic rings. The summed E-state index contributed by atoms with van der Waals surface area (Å²) in [6.07, 6.45) is 0.